The zero-order valence-electron chi connectivity index (χ0n) is 16.8. The van der Waals surface area contributed by atoms with E-state index < -0.39 is 0 Å². The minimum atomic E-state index is -0.0491. The second kappa shape index (κ2) is 8.35. The molecule has 0 saturated carbocycles. The van der Waals surface area contributed by atoms with Crippen LogP contribution in [0.4, 0.5) is 0 Å². The van der Waals surface area contributed by atoms with Gasteiger partial charge in [0, 0.05) is 30.1 Å². The Morgan fingerprint density at radius 3 is 2.41 bits per heavy atom. The third-order valence-electron chi connectivity index (χ3n) is 5.04. The molecule has 0 bridgehead atoms. The highest BCUT2D eigenvalue weighted by Crippen LogP contribution is 2.25. The van der Waals surface area contributed by atoms with E-state index in [1.807, 2.05) is 67.7 Å². The van der Waals surface area contributed by atoms with Gasteiger partial charge < -0.3 is 9.30 Å². The summed E-state index contributed by atoms with van der Waals surface area (Å²) in [5, 5.41) is 0. The number of ether oxygens (including phenoxy) is 1. The number of hydrogen-bond acceptors (Lipinski definition) is 3. The zero-order valence-corrected chi connectivity index (χ0v) is 16.8. The van der Waals surface area contributed by atoms with Crippen LogP contribution in [0, 0.1) is 6.92 Å². The van der Waals surface area contributed by atoms with Crippen molar-refractivity contribution in [2.75, 3.05) is 0 Å². The first-order valence-corrected chi connectivity index (χ1v) is 10.1. The number of hydrogen-bond donors (Lipinski definition) is 0. The van der Waals surface area contributed by atoms with Crippen LogP contribution in [0.1, 0.15) is 31.9 Å². The summed E-state index contributed by atoms with van der Waals surface area (Å²) in [6.07, 6.45) is 5.21. The Hall–Kier alpha value is -3.34. The molecule has 0 aliphatic carbocycles. The van der Waals surface area contributed by atoms with E-state index in [2.05, 4.69) is 11.5 Å². The molecule has 0 fully saturated rings. The predicted octanol–water partition coefficient (Wildman–Crippen LogP) is 5.45. The summed E-state index contributed by atoms with van der Waals surface area (Å²) in [5.41, 5.74) is 2.63. The van der Waals surface area contributed by atoms with E-state index in [1.54, 1.807) is 10.5 Å². The van der Waals surface area contributed by atoms with Gasteiger partial charge in [-0.2, -0.15) is 0 Å². The molecule has 0 aliphatic heterocycles. The number of aromatic nitrogens is 3. The van der Waals surface area contributed by atoms with Crippen LogP contribution in [0.3, 0.4) is 0 Å². The highest BCUT2D eigenvalue weighted by molar-refractivity contribution is 5.62. The molecule has 5 heteroatoms. The van der Waals surface area contributed by atoms with E-state index in [9.17, 15) is 4.79 Å². The van der Waals surface area contributed by atoms with Gasteiger partial charge >= 0.3 is 0 Å². The van der Waals surface area contributed by atoms with Gasteiger partial charge in [-0.15, -0.1) is 0 Å². The largest absolute Gasteiger partial charge is 0.457 e. The molecule has 0 unspecified atom stereocenters. The standard InChI is InChI=1S/C24H25N3O2/c1-3-4-8-15-26-18(2)16-23(28)27-17-22(25-24(26)27)19-11-13-21(14-12-19)29-20-9-6-5-7-10-20/h5-7,9-14,16-17H,3-4,8,15H2,1-2H3. The van der Waals surface area contributed by atoms with E-state index in [1.165, 1.54) is 0 Å². The maximum absolute atomic E-state index is 12.5. The van der Waals surface area contributed by atoms with Gasteiger partial charge in [0.1, 0.15) is 11.5 Å². The quantitative estimate of drug-likeness (QED) is 0.396. The lowest BCUT2D eigenvalue weighted by Crippen LogP contribution is -2.18. The predicted molar refractivity (Wildman–Crippen MR) is 116 cm³/mol. The molecule has 148 valence electrons. The van der Waals surface area contributed by atoms with Crippen LogP contribution < -0.4 is 10.3 Å². The van der Waals surface area contributed by atoms with Gasteiger partial charge in [-0.05, 0) is 49.7 Å². The molecule has 0 spiro atoms. The number of fused-ring (bicyclic) bond motifs is 1. The fourth-order valence-electron chi connectivity index (χ4n) is 3.46. The number of rotatable bonds is 7. The molecule has 29 heavy (non-hydrogen) atoms. The number of nitrogens with zero attached hydrogens (tertiary/aromatic N) is 3. The first-order chi connectivity index (χ1) is 14.2. The van der Waals surface area contributed by atoms with Crippen molar-refractivity contribution in [1.29, 1.82) is 0 Å². The van der Waals surface area contributed by atoms with Gasteiger partial charge in [-0.1, -0.05) is 38.0 Å². The normalized spacial score (nSPS) is 11.1. The summed E-state index contributed by atoms with van der Waals surface area (Å²) in [4.78, 5) is 17.3. The van der Waals surface area contributed by atoms with Crippen molar-refractivity contribution in [3.8, 4) is 22.8 Å². The molecule has 0 amide bonds. The van der Waals surface area contributed by atoms with Gasteiger partial charge in [-0.25, -0.2) is 4.98 Å². The van der Waals surface area contributed by atoms with Crippen LogP contribution in [0.15, 0.2) is 71.7 Å². The van der Waals surface area contributed by atoms with E-state index in [4.69, 9.17) is 9.72 Å². The van der Waals surface area contributed by atoms with Crippen LogP contribution >= 0.6 is 0 Å². The third-order valence-corrected chi connectivity index (χ3v) is 5.04. The van der Waals surface area contributed by atoms with E-state index in [-0.39, 0.29) is 5.56 Å². The molecule has 5 nitrogen and oxygen atoms in total. The summed E-state index contributed by atoms with van der Waals surface area (Å²) >= 11 is 0. The van der Waals surface area contributed by atoms with Crippen molar-refractivity contribution in [3.05, 3.63) is 82.9 Å². The molecule has 0 saturated heterocycles. The number of aryl methyl sites for hydroxylation is 2. The fourth-order valence-corrected chi connectivity index (χ4v) is 3.46. The van der Waals surface area contributed by atoms with Crippen LogP contribution in [-0.4, -0.2) is 14.0 Å². The molecule has 2 aromatic carbocycles. The Morgan fingerprint density at radius 1 is 0.966 bits per heavy atom. The van der Waals surface area contributed by atoms with Crippen LogP contribution in [-0.2, 0) is 6.54 Å². The number of para-hydroxylation sites is 1. The molecule has 0 N–H and O–H groups in total. The summed E-state index contributed by atoms with van der Waals surface area (Å²) in [5.74, 6) is 2.26. The lowest BCUT2D eigenvalue weighted by atomic mass is 10.1. The Morgan fingerprint density at radius 2 is 1.69 bits per heavy atom. The molecule has 4 aromatic rings. The second-order valence-corrected chi connectivity index (χ2v) is 7.22. The smallest absolute Gasteiger partial charge is 0.259 e. The van der Waals surface area contributed by atoms with Gasteiger partial charge in [0.2, 0.25) is 5.78 Å². The Bertz CT molecular complexity index is 1160. The molecule has 4 rings (SSSR count). The topological polar surface area (TPSA) is 48.5 Å². The van der Waals surface area contributed by atoms with Crippen molar-refractivity contribution >= 4 is 5.78 Å². The minimum absolute atomic E-state index is 0.0491. The van der Waals surface area contributed by atoms with Crippen molar-refractivity contribution in [3.63, 3.8) is 0 Å². The average Bonchev–Trinajstić information content (AvgIpc) is 3.18. The van der Waals surface area contributed by atoms with Crippen molar-refractivity contribution in [2.24, 2.45) is 0 Å². The third kappa shape index (κ3) is 4.09. The monoisotopic (exact) mass is 387 g/mol. The molecule has 2 heterocycles. The Kier molecular flexibility index (Phi) is 5.47. The van der Waals surface area contributed by atoms with Crippen LogP contribution in [0.25, 0.3) is 17.0 Å². The molecule has 0 aliphatic rings. The molecule has 2 aromatic heterocycles. The highest BCUT2D eigenvalue weighted by Gasteiger charge is 2.12. The van der Waals surface area contributed by atoms with Gasteiger partial charge in [0.15, 0.2) is 0 Å². The van der Waals surface area contributed by atoms with Crippen LogP contribution in [0.2, 0.25) is 0 Å². The Balaban J connectivity index is 1.64. The van der Waals surface area contributed by atoms with Crippen LogP contribution in [0.5, 0.6) is 11.5 Å². The van der Waals surface area contributed by atoms with E-state index in [0.29, 0.717) is 5.78 Å². The first-order valence-electron chi connectivity index (χ1n) is 10.1. The number of unbranched alkanes of at least 4 members (excludes halogenated alkanes) is 2. The lowest BCUT2D eigenvalue weighted by Gasteiger charge is -2.11. The highest BCUT2D eigenvalue weighted by atomic mass is 16.5. The first kappa shape index (κ1) is 19.0. The maximum atomic E-state index is 12.5. The molecule has 0 radical (unpaired) electrons. The van der Waals surface area contributed by atoms with Crippen molar-refractivity contribution in [1.82, 2.24) is 14.0 Å². The maximum Gasteiger partial charge on any atom is 0.259 e. The fraction of sp³-hybridized carbons (Fsp3) is 0.250. The van der Waals surface area contributed by atoms with Gasteiger partial charge in [0.25, 0.3) is 5.56 Å². The molecule has 0 atom stereocenters. The lowest BCUT2D eigenvalue weighted by molar-refractivity contribution is 0.483. The van der Waals surface area contributed by atoms with Gasteiger partial charge in [-0.3, -0.25) is 9.20 Å². The van der Waals surface area contributed by atoms with E-state index >= 15 is 0 Å². The molecular weight excluding hydrogens is 362 g/mol. The Labute approximate surface area is 170 Å². The summed E-state index contributed by atoms with van der Waals surface area (Å²) in [7, 11) is 0. The minimum Gasteiger partial charge on any atom is -0.457 e. The summed E-state index contributed by atoms with van der Waals surface area (Å²) < 4.78 is 9.63. The molecular formula is C24H25N3O2. The number of benzene rings is 2. The second-order valence-electron chi connectivity index (χ2n) is 7.22. The SMILES string of the molecule is CCCCCn1c(C)cc(=O)n2cc(-c3ccc(Oc4ccccc4)cc3)nc12. The summed E-state index contributed by atoms with van der Waals surface area (Å²) in [6, 6.07) is 19.2. The average molecular weight is 387 g/mol. The van der Waals surface area contributed by atoms with Gasteiger partial charge in [0.05, 0.1) is 5.69 Å². The van der Waals surface area contributed by atoms with E-state index in [0.717, 1.165) is 54.3 Å². The summed E-state index contributed by atoms with van der Waals surface area (Å²) in [6.45, 7) is 5.02. The van der Waals surface area contributed by atoms with Crippen molar-refractivity contribution in [2.45, 2.75) is 39.7 Å². The zero-order chi connectivity index (χ0) is 20.2. The number of imidazole rings is 1. The van der Waals surface area contributed by atoms with Crippen molar-refractivity contribution < 1.29 is 4.74 Å².